The van der Waals surface area contributed by atoms with Crippen LogP contribution < -0.4 is 5.73 Å². The van der Waals surface area contributed by atoms with E-state index in [1.165, 1.54) is 0 Å². The summed E-state index contributed by atoms with van der Waals surface area (Å²) in [6, 6.07) is 9.14. The highest BCUT2D eigenvalue weighted by atomic mass is 16.3. The number of hydrogen-bond acceptors (Lipinski definition) is 3. The van der Waals surface area contributed by atoms with Crippen LogP contribution in [0.25, 0.3) is 0 Å². The van der Waals surface area contributed by atoms with Crippen LogP contribution in [0.2, 0.25) is 0 Å². The van der Waals surface area contributed by atoms with E-state index in [9.17, 15) is 4.79 Å². The third-order valence-corrected chi connectivity index (χ3v) is 2.71. The Labute approximate surface area is 100 Å². The minimum Gasteiger partial charge on any atom is -0.456 e. The van der Waals surface area contributed by atoms with Gasteiger partial charge in [0.2, 0.25) is 5.78 Å². The van der Waals surface area contributed by atoms with Gasteiger partial charge >= 0.3 is 0 Å². The van der Waals surface area contributed by atoms with Gasteiger partial charge in [-0.1, -0.05) is 23.8 Å². The molecule has 0 amide bonds. The maximum absolute atomic E-state index is 12.2. The molecule has 88 valence electrons. The van der Waals surface area contributed by atoms with Crippen molar-refractivity contribution in [2.45, 2.75) is 20.4 Å². The highest BCUT2D eigenvalue weighted by Crippen LogP contribution is 2.17. The minimum atomic E-state index is -0.0952. The van der Waals surface area contributed by atoms with E-state index in [0.717, 1.165) is 11.1 Å². The molecule has 3 heteroatoms. The molecule has 0 spiro atoms. The van der Waals surface area contributed by atoms with Crippen LogP contribution >= 0.6 is 0 Å². The van der Waals surface area contributed by atoms with E-state index in [1.54, 1.807) is 12.1 Å². The molecule has 0 saturated carbocycles. The number of rotatable bonds is 3. The first-order valence-corrected chi connectivity index (χ1v) is 5.52. The smallest absolute Gasteiger partial charge is 0.228 e. The summed E-state index contributed by atoms with van der Waals surface area (Å²) in [5, 5.41) is 0. The SMILES string of the molecule is Cc1ccc(C(=O)c2ccc(CN)o2)c(C)c1. The quantitative estimate of drug-likeness (QED) is 0.823. The van der Waals surface area contributed by atoms with E-state index in [-0.39, 0.29) is 5.78 Å². The van der Waals surface area contributed by atoms with Gasteiger partial charge in [-0.05, 0) is 31.5 Å². The number of nitrogens with two attached hydrogens (primary N) is 1. The van der Waals surface area contributed by atoms with Crippen LogP contribution in [0.5, 0.6) is 0 Å². The Morgan fingerprint density at radius 1 is 1.24 bits per heavy atom. The van der Waals surface area contributed by atoms with Crippen molar-refractivity contribution in [1.29, 1.82) is 0 Å². The molecule has 0 fully saturated rings. The van der Waals surface area contributed by atoms with Gasteiger partial charge in [0.1, 0.15) is 5.76 Å². The molecule has 0 radical (unpaired) electrons. The van der Waals surface area contributed by atoms with Gasteiger partial charge in [0.05, 0.1) is 6.54 Å². The molecule has 1 heterocycles. The van der Waals surface area contributed by atoms with E-state index < -0.39 is 0 Å². The highest BCUT2D eigenvalue weighted by Gasteiger charge is 2.15. The van der Waals surface area contributed by atoms with Crippen molar-refractivity contribution in [2.24, 2.45) is 5.73 Å². The van der Waals surface area contributed by atoms with Crippen molar-refractivity contribution in [3.63, 3.8) is 0 Å². The zero-order valence-corrected chi connectivity index (χ0v) is 9.99. The van der Waals surface area contributed by atoms with Crippen molar-refractivity contribution in [3.05, 3.63) is 58.5 Å². The maximum Gasteiger partial charge on any atom is 0.228 e. The van der Waals surface area contributed by atoms with Gasteiger partial charge in [-0.2, -0.15) is 0 Å². The third kappa shape index (κ3) is 2.29. The summed E-state index contributed by atoms with van der Waals surface area (Å²) in [6.07, 6.45) is 0. The lowest BCUT2D eigenvalue weighted by atomic mass is 10.0. The monoisotopic (exact) mass is 229 g/mol. The van der Waals surface area contributed by atoms with Crippen LogP contribution in [-0.4, -0.2) is 5.78 Å². The number of aryl methyl sites for hydroxylation is 2. The fourth-order valence-electron chi connectivity index (χ4n) is 1.81. The van der Waals surface area contributed by atoms with Crippen LogP contribution in [0.4, 0.5) is 0 Å². The van der Waals surface area contributed by atoms with Crippen molar-refractivity contribution in [2.75, 3.05) is 0 Å². The number of carbonyl (C=O) groups is 1. The lowest BCUT2D eigenvalue weighted by molar-refractivity contribution is 0.101. The Kier molecular flexibility index (Phi) is 3.11. The van der Waals surface area contributed by atoms with Gasteiger partial charge in [0, 0.05) is 5.56 Å². The van der Waals surface area contributed by atoms with E-state index in [0.29, 0.717) is 23.6 Å². The minimum absolute atomic E-state index is 0.0952. The molecule has 1 aromatic heterocycles. The molecular weight excluding hydrogens is 214 g/mol. The molecule has 2 aromatic rings. The van der Waals surface area contributed by atoms with E-state index >= 15 is 0 Å². The number of benzene rings is 1. The van der Waals surface area contributed by atoms with Crippen LogP contribution in [-0.2, 0) is 6.54 Å². The van der Waals surface area contributed by atoms with Gasteiger partial charge in [-0.3, -0.25) is 4.79 Å². The molecule has 0 aliphatic heterocycles. The summed E-state index contributed by atoms with van der Waals surface area (Å²) >= 11 is 0. The van der Waals surface area contributed by atoms with E-state index in [4.69, 9.17) is 10.2 Å². The standard InChI is InChI=1S/C14H15NO2/c1-9-3-5-12(10(2)7-9)14(16)13-6-4-11(8-15)17-13/h3-7H,8,15H2,1-2H3. The number of hydrogen-bond donors (Lipinski definition) is 1. The van der Waals surface area contributed by atoms with Gasteiger partial charge in [-0.15, -0.1) is 0 Å². The topological polar surface area (TPSA) is 56.2 Å². The molecule has 17 heavy (non-hydrogen) atoms. The van der Waals surface area contributed by atoms with Crippen LogP contribution in [0.15, 0.2) is 34.7 Å². The van der Waals surface area contributed by atoms with Gasteiger partial charge in [0.25, 0.3) is 0 Å². The number of ketones is 1. The molecule has 1 aromatic carbocycles. The van der Waals surface area contributed by atoms with Crippen LogP contribution in [0.3, 0.4) is 0 Å². The maximum atomic E-state index is 12.2. The number of carbonyl (C=O) groups excluding carboxylic acids is 1. The Morgan fingerprint density at radius 3 is 2.59 bits per heavy atom. The lowest BCUT2D eigenvalue weighted by Gasteiger charge is -2.03. The van der Waals surface area contributed by atoms with Gasteiger partial charge in [-0.25, -0.2) is 0 Å². The second kappa shape index (κ2) is 4.55. The Hall–Kier alpha value is -1.87. The van der Waals surface area contributed by atoms with Crippen LogP contribution in [0, 0.1) is 13.8 Å². The molecule has 0 aliphatic rings. The molecule has 2 N–H and O–H groups in total. The van der Waals surface area contributed by atoms with Crippen molar-refractivity contribution in [1.82, 2.24) is 0 Å². The Bertz CT molecular complexity index is 555. The van der Waals surface area contributed by atoms with Gasteiger partial charge < -0.3 is 10.2 Å². The molecule has 0 unspecified atom stereocenters. The average molecular weight is 229 g/mol. The van der Waals surface area contributed by atoms with Crippen molar-refractivity contribution in [3.8, 4) is 0 Å². The summed E-state index contributed by atoms with van der Waals surface area (Å²) in [6.45, 7) is 4.23. The van der Waals surface area contributed by atoms with E-state index in [1.807, 2.05) is 32.0 Å². The molecule has 0 atom stereocenters. The average Bonchev–Trinajstić information content (AvgIpc) is 2.76. The first-order valence-electron chi connectivity index (χ1n) is 5.52. The molecule has 0 saturated heterocycles. The number of furan rings is 1. The summed E-state index contributed by atoms with van der Waals surface area (Å²) < 4.78 is 5.36. The van der Waals surface area contributed by atoms with Crippen molar-refractivity contribution >= 4 is 5.78 Å². The highest BCUT2D eigenvalue weighted by molar-refractivity contribution is 6.08. The van der Waals surface area contributed by atoms with Crippen molar-refractivity contribution < 1.29 is 9.21 Å². The first kappa shape index (κ1) is 11.6. The lowest BCUT2D eigenvalue weighted by Crippen LogP contribution is -2.02. The largest absolute Gasteiger partial charge is 0.456 e. The molecule has 2 rings (SSSR count). The zero-order chi connectivity index (χ0) is 12.4. The summed E-state index contributed by atoms with van der Waals surface area (Å²) in [5.41, 5.74) is 8.22. The van der Waals surface area contributed by atoms with Crippen LogP contribution in [0.1, 0.15) is 33.0 Å². The predicted molar refractivity (Wildman–Crippen MR) is 65.9 cm³/mol. The summed E-state index contributed by atoms with van der Waals surface area (Å²) in [7, 11) is 0. The molecule has 3 nitrogen and oxygen atoms in total. The fourth-order valence-corrected chi connectivity index (χ4v) is 1.81. The molecule has 0 bridgehead atoms. The Balaban J connectivity index is 2.36. The summed E-state index contributed by atoms with van der Waals surface area (Å²) in [5.74, 6) is 0.873. The normalized spacial score (nSPS) is 10.5. The van der Waals surface area contributed by atoms with Gasteiger partial charge in [0.15, 0.2) is 5.76 Å². The second-order valence-electron chi connectivity index (χ2n) is 4.12. The summed E-state index contributed by atoms with van der Waals surface area (Å²) in [4.78, 5) is 12.2. The second-order valence-corrected chi connectivity index (χ2v) is 4.12. The fraction of sp³-hybridized carbons (Fsp3) is 0.214. The molecule has 0 aliphatic carbocycles. The first-order chi connectivity index (χ1) is 8.11. The predicted octanol–water partition coefficient (Wildman–Crippen LogP) is 2.59. The Morgan fingerprint density at radius 2 is 2.00 bits per heavy atom. The molecular formula is C14H15NO2. The van der Waals surface area contributed by atoms with E-state index in [2.05, 4.69) is 0 Å². The zero-order valence-electron chi connectivity index (χ0n) is 9.99. The third-order valence-electron chi connectivity index (χ3n) is 2.71.